The van der Waals surface area contributed by atoms with Crippen molar-refractivity contribution >= 4 is 49.2 Å². The van der Waals surface area contributed by atoms with E-state index in [0.717, 1.165) is 15.1 Å². The van der Waals surface area contributed by atoms with Gasteiger partial charge in [-0.25, -0.2) is 8.42 Å². The fraction of sp³-hybridized carbons (Fsp3) is 0.500. The molecule has 0 atom stereocenters. The minimum absolute atomic E-state index is 0.0556. The van der Waals surface area contributed by atoms with Gasteiger partial charge in [0.15, 0.2) is 0 Å². The molecule has 1 N–H and O–H groups in total. The molecule has 2 heterocycles. The fourth-order valence-corrected chi connectivity index (χ4v) is 5.70. The molecule has 0 saturated carbocycles. The lowest BCUT2D eigenvalue weighted by Crippen LogP contribution is -2.50. The molecule has 7 nitrogen and oxygen atoms in total. The van der Waals surface area contributed by atoms with Crippen molar-refractivity contribution in [2.45, 2.75) is 17.1 Å². The Labute approximate surface area is 140 Å². The van der Waals surface area contributed by atoms with Crippen molar-refractivity contribution in [1.82, 2.24) is 9.21 Å². The molecule has 0 bridgehead atoms. The van der Waals surface area contributed by atoms with Crippen molar-refractivity contribution in [2.75, 3.05) is 26.2 Å². The number of carboxylic acid groups (broad SMARTS) is 1. The van der Waals surface area contributed by atoms with E-state index >= 15 is 0 Å². The number of carboxylic acids is 1. The molecule has 1 aliphatic rings. The van der Waals surface area contributed by atoms with Crippen LogP contribution in [0.3, 0.4) is 0 Å². The first-order valence-corrected chi connectivity index (χ1v) is 9.60. The van der Waals surface area contributed by atoms with E-state index in [0.29, 0.717) is 0 Å². The fourth-order valence-electron chi connectivity index (χ4n) is 2.11. The van der Waals surface area contributed by atoms with Gasteiger partial charge < -0.3 is 10.0 Å². The first-order chi connectivity index (χ1) is 10.3. The molecule has 1 aromatic rings. The second-order valence-electron chi connectivity index (χ2n) is 4.74. The van der Waals surface area contributed by atoms with Gasteiger partial charge >= 0.3 is 5.97 Å². The molecular formula is C12H15BrN2O5S2. The van der Waals surface area contributed by atoms with E-state index in [1.54, 1.807) is 12.1 Å². The Bertz CT molecular complexity index is 665. The monoisotopic (exact) mass is 410 g/mol. The number of halogens is 1. The number of piperazine rings is 1. The number of hydrogen-bond donors (Lipinski definition) is 1. The summed E-state index contributed by atoms with van der Waals surface area (Å²) in [7, 11) is -3.53. The molecule has 1 aromatic heterocycles. The molecule has 10 heteroatoms. The van der Waals surface area contributed by atoms with E-state index in [4.69, 9.17) is 5.11 Å². The molecule has 1 fully saturated rings. The first-order valence-electron chi connectivity index (χ1n) is 6.56. The number of carbonyl (C=O) groups excluding carboxylic acids is 1. The van der Waals surface area contributed by atoms with E-state index in [-0.39, 0.29) is 49.1 Å². The van der Waals surface area contributed by atoms with Gasteiger partial charge in [0, 0.05) is 32.6 Å². The van der Waals surface area contributed by atoms with E-state index in [9.17, 15) is 18.0 Å². The number of sulfonamides is 1. The molecule has 1 aliphatic heterocycles. The number of thiophene rings is 1. The third-order valence-electron chi connectivity index (χ3n) is 3.29. The van der Waals surface area contributed by atoms with Gasteiger partial charge in [0.2, 0.25) is 5.91 Å². The number of carbonyl (C=O) groups is 2. The lowest BCUT2D eigenvalue weighted by molar-refractivity contribution is -0.141. The van der Waals surface area contributed by atoms with Crippen LogP contribution in [-0.4, -0.2) is 60.8 Å². The van der Waals surface area contributed by atoms with E-state index in [1.807, 2.05) is 0 Å². The van der Waals surface area contributed by atoms with Gasteiger partial charge in [-0.15, -0.1) is 11.3 Å². The smallest absolute Gasteiger partial charge is 0.303 e. The highest BCUT2D eigenvalue weighted by Gasteiger charge is 2.31. The van der Waals surface area contributed by atoms with Crippen molar-refractivity contribution in [3.05, 3.63) is 15.9 Å². The lowest BCUT2D eigenvalue weighted by atomic mass is 10.2. The highest BCUT2D eigenvalue weighted by molar-refractivity contribution is 9.11. The van der Waals surface area contributed by atoms with Crippen LogP contribution < -0.4 is 0 Å². The Morgan fingerprint density at radius 3 is 2.32 bits per heavy atom. The van der Waals surface area contributed by atoms with Gasteiger partial charge in [-0.05, 0) is 28.1 Å². The van der Waals surface area contributed by atoms with Crippen LogP contribution in [0.5, 0.6) is 0 Å². The summed E-state index contributed by atoms with van der Waals surface area (Å²) in [5.41, 5.74) is 0. The number of aliphatic carboxylic acids is 1. The van der Waals surface area contributed by atoms with Gasteiger partial charge in [-0.2, -0.15) is 4.31 Å². The van der Waals surface area contributed by atoms with E-state index < -0.39 is 16.0 Å². The Hall–Kier alpha value is -0.970. The lowest BCUT2D eigenvalue weighted by Gasteiger charge is -2.33. The van der Waals surface area contributed by atoms with Crippen LogP contribution in [0.25, 0.3) is 0 Å². The molecule has 122 valence electrons. The number of nitrogens with zero attached hydrogens (tertiary/aromatic N) is 2. The Balaban J connectivity index is 1.94. The summed E-state index contributed by atoms with van der Waals surface area (Å²) in [5.74, 6) is -1.27. The quantitative estimate of drug-likeness (QED) is 0.786. The molecule has 1 saturated heterocycles. The van der Waals surface area contributed by atoms with E-state index in [2.05, 4.69) is 15.9 Å². The molecule has 0 aliphatic carbocycles. The van der Waals surface area contributed by atoms with Gasteiger partial charge in [0.25, 0.3) is 10.0 Å². The van der Waals surface area contributed by atoms with Crippen LogP contribution in [0.2, 0.25) is 0 Å². The predicted octanol–water partition coefficient (Wildman–Crippen LogP) is 1.21. The maximum Gasteiger partial charge on any atom is 0.303 e. The van der Waals surface area contributed by atoms with E-state index in [1.165, 1.54) is 9.21 Å². The largest absolute Gasteiger partial charge is 0.481 e. The van der Waals surface area contributed by atoms with Crippen molar-refractivity contribution in [3.8, 4) is 0 Å². The van der Waals surface area contributed by atoms with Gasteiger partial charge in [-0.1, -0.05) is 0 Å². The Morgan fingerprint density at radius 2 is 1.82 bits per heavy atom. The van der Waals surface area contributed by atoms with Gasteiger partial charge in [0.1, 0.15) is 4.21 Å². The molecular weight excluding hydrogens is 396 g/mol. The Morgan fingerprint density at radius 1 is 1.18 bits per heavy atom. The molecule has 1 amide bonds. The zero-order valence-electron chi connectivity index (χ0n) is 11.6. The van der Waals surface area contributed by atoms with Crippen LogP contribution in [-0.2, 0) is 19.6 Å². The van der Waals surface area contributed by atoms with Crippen LogP contribution in [0.15, 0.2) is 20.1 Å². The molecule has 0 radical (unpaired) electrons. The SMILES string of the molecule is O=C(O)CCC(=O)N1CCN(S(=O)(=O)c2ccc(Br)s2)CC1. The first kappa shape index (κ1) is 17.4. The van der Waals surface area contributed by atoms with Crippen molar-refractivity contribution in [1.29, 1.82) is 0 Å². The maximum absolute atomic E-state index is 12.4. The second kappa shape index (κ2) is 7.07. The van der Waals surface area contributed by atoms with Crippen LogP contribution in [0.1, 0.15) is 12.8 Å². The highest BCUT2D eigenvalue weighted by Crippen LogP contribution is 2.28. The minimum atomic E-state index is -3.53. The highest BCUT2D eigenvalue weighted by atomic mass is 79.9. The average Bonchev–Trinajstić information content (AvgIpc) is 2.92. The molecule has 0 spiro atoms. The normalized spacial score (nSPS) is 16.7. The van der Waals surface area contributed by atoms with Gasteiger partial charge in [0.05, 0.1) is 10.2 Å². The standard InChI is InChI=1S/C12H15BrN2O5S2/c13-9-1-4-12(21-9)22(19,20)15-7-5-14(6-8-15)10(16)2-3-11(17)18/h1,4H,2-3,5-8H2,(H,17,18). The van der Waals surface area contributed by atoms with Crippen molar-refractivity contribution in [3.63, 3.8) is 0 Å². The minimum Gasteiger partial charge on any atom is -0.481 e. The van der Waals surface area contributed by atoms with Gasteiger partial charge in [-0.3, -0.25) is 9.59 Å². The van der Waals surface area contributed by atoms with Crippen molar-refractivity contribution < 1.29 is 23.1 Å². The number of hydrogen-bond acceptors (Lipinski definition) is 5. The summed E-state index contributed by atoms with van der Waals surface area (Å²) in [6, 6.07) is 3.23. The summed E-state index contributed by atoms with van der Waals surface area (Å²) in [6.07, 6.45) is -0.263. The average molecular weight is 411 g/mol. The maximum atomic E-state index is 12.4. The topological polar surface area (TPSA) is 95.0 Å². The van der Waals surface area contributed by atoms with Crippen molar-refractivity contribution in [2.24, 2.45) is 0 Å². The number of amides is 1. The summed E-state index contributed by atoms with van der Waals surface area (Å²) >= 11 is 4.39. The number of rotatable bonds is 5. The molecule has 0 aromatic carbocycles. The Kier molecular flexibility index (Phi) is 5.59. The summed E-state index contributed by atoms with van der Waals surface area (Å²) in [5, 5.41) is 8.58. The third kappa shape index (κ3) is 4.06. The molecule has 0 unspecified atom stereocenters. The zero-order chi connectivity index (χ0) is 16.3. The summed E-state index contributed by atoms with van der Waals surface area (Å²) < 4.78 is 27.2. The molecule has 2 rings (SSSR count). The van der Waals surface area contributed by atoms with Crippen LogP contribution in [0.4, 0.5) is 0 Å². The van der Waals surface area contributed by atoms with Crippen LogP contribution in [0, 0.1) is 0 Å². The summed E-state index contributed by atoms with van der Waals surface area (Å²) in [6.45, 7) is 1.00. The third-order valence-corrected chi connectivity index (χ3v) is 7.28. The summed E-state index contributed by atoms with van der Waals surface area (Å²) in [4.78, 5) is 23.8. The van der Waals surface area contributed by atoms with Crippen LogP contribution >= 0.6 is 27.3 Å². The predicted molar refractivity (Wildman–Crippen MR) is 84.2 cm³/mol. The zero-order valence-corrected chi connectivity index (χ0v) is 14.8. The second-order valence-corrected chi connectivity index (χ2v) is 9.36. The molecule has 22 heavy (non-hydrogen) atoms.